The Morgan fingerprint density at radius 2 is 1.82 bits per heavy atom. The first-order chi connectivity index (χ1) is 10.5. The third-order valence-electron chi connectivity index (χ3n) is 4.11. The Labute approximate surface area is 135 Å². The van der Waals surface area contributed by atoms with Crippen molar-refractivity contribution in [2.45, 2.75) is 52.6 Å². The van der Waals surface area contributed by atoms with E-state index < -0.39 is 6.04 Å². The van der Waals surface area contributed by atoms with E-state index >= 15 is 0 Å². The van der Waals surface area contributed by atoms with Crippen molar-refractivity contribution in [1.82, 2.24) is 10.2 Å². The van der Waals surface area contributed by atoms with Gasteiger partial charge in [0.05, 0.1) is 0 Å². The van der Waals surface area contributed by atoms with Crippen LogP contribution in [0.3, 0.4) is 0 Å². The Bertz CT molecular complexity index is 440. The van der Waals surface area contributed by atoms with Crippen LogP contribution in [0.15, 0.2) is 24.3 Å². The Kier molecular flexibility index (Phi) is 8.13. The topological polar surface area (TPSA) is 58.4 Å². The second-order valence-electron chi connectivity index (χ2n) is 5.97. The zero-order valence-electron chi connectivity index (χ0n) is 14.4. The van der Waals surface area contributed by atoms with E-state index in [1.54, 1.807) is 0 Å². The minimum absolute atomic E-state index is 0.0980. The summed E-state index contributed by atoms with van der Waals surface area (Å²) in [5.41, 5.74) is 8.06. The zero-order chi connectivity index (χ0) is 16.5. The lowest BCUT2D eigenvalue weighted by molar-refractivity contribution is -0.123. The van der Waals surface area contributed by atoms with Crippen molar-refractivity contribution >= 4 is 5.91 Å². The standard InChI is InChI=1S/C18H31N3O/c1-5-21(6-2)13-7-8-15(4)20-18(22)17(19)16-11-9-14(3)10-12-16/h9-12,15,17H,5-8,13,19H2,1-4H3,(H,20,22). The van der Waals surface area contributed by atoms with Crippen LogP contribution in [-0.4, -0.2) is 36.5 Å². The van der Waals surface area contributed by atoms with Gasteiger partial charge in [-0.3, -0.25) is 4.79 Å². The van der Waals surface area contributed by atoms with Crippen LogP contribution in [0.4, 0.5) is 0 Å². The van der Waals surface area contributed by atoms with E-state index in [-0.39, 0.29) is 11.9 Å². The van der Waals surface area contributed by atoms with E-state index in [1.165, 1.54) is 5.56 Å². The van der Waals surface area contributed by atoms with E-state index in [4.69, 9.17) is 5.73 Å². The molecule has 0 aliphatic carbocycles. The van der Waals surface area contributed by atoms with Crippen molar-refractivity contribution in [3.05, 3.63) is 35.4 Å². The van der Waals surface area contributed by atoms with Gasteiger partial charge in [-0.25, -0.2) is 0 Å². The lowest BCUT2D eigenvalue weighted by Gasteiger charge is -2.21. The molecule has 1 aromatic carbocycles. The lowest BCUT2D eigenvalue weighted by Crippen LogP contribution is -2.39. The predicted molar refractivity (Wildman–Crippen MR) is 92.7 cm³/mol. The first kappa shape index (κ1) is 18.7. The molecule has 124 valence electrons. The molecule has 3 N–H and O–H groups in total. The van der Waals surface area contributed by atoms with E-state index in [1.807, 2.05) is 38.1 Å². The molecule has 0 saturated carbocycles. The largest absolute Gasteiger partial charge is 0.352 e. The van der Waals surface area contributed by atoms with Gasteiger partial charge in [0, 0.05) is 6.04 Å². The third kappa shape index (κ3) is 6.16. The number of nitrogens with one attached hydrogen (secondary N) is 1. The van der Waals surface area contributed by atoms with Gasteiger partial charge < -0.3 is 16.0 Å². The summed E-state index contributed by atoms with van der Waals surface area (Å²) in [4.78, 5) is 14.6. The lowest BCUT2D eigenvalue weighted by atomic mass is 10.0. The second kappa shape index (κ2) is 9.59. The first-order valence-electron chi connectivity index (χ1n) is 8.32. The molecule has 2 unspecified atom stereocenters. The highest BCUT2D eigenvalue weighted by molar-refractivity contribution is 5.83. The number of rotatable bonds is 9. The number of benzene rings is 1. The summed E-state index contributed by atoms with van der Waals surface area (Å²) in [5, 5.41) is 3.02. The van der Waals surface area contributed by atoms with Crippen LogP contribution in [0.25, 0.3) is 0 Å². The van der Waals surface area contributed by atoms with Crippen LogP contribution >= 0.6 is 0 Å². The molecule has 0 spiro atoms. The Morgan fingerprint density at radius 1 is 1.23 bits per heavy atom. The van der Waals surface area contributed by atoms with Gasteiger partial charge in [0.2, 0.25) is 5.91 Å². The molecule has 0 radical (unpaired) electrons. The number of amides is 1. The second-order valence-corrected chi connectivity index (χ2v) is 5.97. The van der Waals surface area contributed by atoms with Crippen molar-refractivity contribution in [2.75, 3.05) is 19.6 Å². The molecule has 4 heteroatoms. The fourth-order valence-corrected chi connectivity index (χ4v) is 2.49. The normalized spacial score (nSPS) is 13.9. The Morgan fingerprint density at radius 3 is 2.36 bits per heavy atom. The van der Waals surface area contributed by atoms with E-state index in [2.05, 4.69) is 24.1 Å². The van der Waals surface area contributed by atoms with Gasteiger partial charge in [0.15, 0.2) is 0 Å². The predicted octanol–water partition coefficient (Wildman–Crippen LogP) is 2.62. The molecule has 0 aliphatic rings. The minimum atomic E-state index is -0.592. The van der Waals surface area contributed by atoms with Crippen molar-refractivity contribution < 1.29 is 4.79 Å². The number of nitrogens with zero attached hydrogens (tertiary/aromatic N) is 1. The molecule has 0 heterocycles. The average molecular weight is 305 g/mol. The molecule has 0 aliphatic heterocycles. The van der Waals surface area contributed by atoms with E-state index in [0.29, 0.717) is 0 Å². The molecular formula is C18H31N3O. The molecule has 1 amide bonds. The number of carbonyl (C=O) groups excluding carboxylic acids is 1. The maximum atomic E-state index is 12.2. The van der Waals surface area contributed by atoms with Gasteiger partial charge in [0.25, 0.3) is 0 Å². The molecular weight excluding hydrogens is 274 g/mol. The van der Waals surface area contributed by atoms with Crippen molar-refractivity contribution in [3.8, 4) is 0 Å². The van der Waals surface area contributed by atoms with Gasteiger partial charge in [-0.15, -0.1) is 0 Å². The van der Waals surface area contributed by atoms with Crippen LogP contribution < -0.4 is 11.1 Å². The summed E-state index contributed by atoms with van der Waals surface area (Å²) in [6.07, 6.45) is 2.06. The van der Waals surface area contributed by atoms with Gasteiger partial charge in [-0.2, -0.15) is 0 Å². The third-order valence-corrected chi connectivity index (χ3v) is 4.11. The molecule has 0 saturated heterocycles. The maximum Gasteiger partial charge on any atom is 0.241 e. The first-order valence-corrected chi connectivity index (χ1v) is 8.32. The van der Waals surface area contributed by atoms with Gasteiger partial charge in [-0.1, -0.05) is 43.7 Å². The fraction of sp³-hybridized carbons (Fsp3) is 0.611. The zero-order valence-corrected chi connectivity index (χ0v) is 14.4. The smallest absolute Gasteiger partial charge is 0.241 e. The maximum absolute atomic E-state index is 12.2. The number of aryl methyl sites for hydroxylation is 1. The SMILES string of the molecule is CCN(CC)CCCC(C)NC(=O)C(N)c1ccc(C)cc1. The van der Waals surface area contributed by atoms with Crippen LogP contribution in [-0.2, 0) is 4.79 Å². The number of nitrogens with two attached hydrogens (primary N) is 1. The monoisotopic (exact) mass is 305 g/mol. The van der Waals surface area contributed by atoms with Crippen LogP contribution in [0, 0.1) is 6.92 Å². The summed E-state index contributed by atoms with van der Waals surface area (Å²) in [5.74, 6) is -0.0980. The van der Waals surface area contributed by atoms with Gasteiger partial charge >= 0.3 is 0 Å². The molecule has 0 bridgehead atoms. The molecule has 1 aromatic rings. The molecule has 1 rings (SSSR count). The number of hydrogen-bond donors (Lipinski definition) is 2. The van der Waals surface area contributed by atoms with E-state index in [9.17, 15) is 4.79 Å². The highest BCUT2D eigenvalue weighted by Gasteiger charge is 2.17. The number of carbonyl (C=O) groups is 1. The van der Waals surface area contributed by atoms with E-state index in [0.717, 1.165) is 38.0 Å². The average Bonchev–Trinajstić information content (AvgIpc) is 2.51. The van der Waals surface area contributed by atoms with Crippen molar-refractivity contribution in [2.24, 2.45) is 5.73 Å². The summed E-state index contributed by atoms with van der Waals surface area (Å²) >= 11 is 0. The molecule has 22 heavy (non-hydrogen) atoms. The van der Waals surface area contributed by atoms with Crippen LogP contribution in [0.2, 0.25) is 0 Å². The summed E-state index contributed by atoms with van der Waals surface area (Å²) < 4.78 is 0. The fourth-order valence-electron chi connectivity index (χ4n) is 2.49. The van der Waals surface area contributed by atoms with Gasteiger partial charge in [0.1, 0.15) is 6.04 Å². The Hall–Kier alpha value is -1.39. The molecule has 2 atom stereocenters. The summed E-state index contributed by atoms with van der Waals surface area (Å²) in [7, 11) is 0. The van der Waals surface area contributed by atoms with Crippen molar-refractivity contribution in [3.63, 3.8) is 0 Å². The molecule has 0 fully saturated rings. The highest BCUT2D eigenvalue weighted by Crippen LogP contribution is 2.12. The minimum Gasteiger partial charge on any atom is -0.352 e. The molecule has 0 aromatic heterocycles. The number of hydrogen-bond acceptors (Lipinski definition) is 3. The summed E-state index contributed by atoms with van der Waals surface area (Å²) in [6, 6.07) is 7.37. The molecule has 4 nitrogen and oxygen atoms in total. The highest BCUT2D eigenvalue weighted by atomic mass is 16.2. The van der Waals surface area contributed by atoms with Crippen LogP contribution in [0.5, 0.6) is 0 Å². The van der Waals surface area contributed by atoms with Crippen LogP contribution in [0.1, 0.15) is 50.8 Å². The summed E-state index contributed by atoms with van der Waals surface area (Å²) in [6.45, 7) is 11.7. The van der Waals surface area contributed by atoms with Crippen molar-refractivity contribution in [1.29, 1.82) is 0 Å². The quantitative estimate of drug-likeness (QED) is 0.737. The Balaban J connectivity index is 2.38. The van der Waals surface area contributed by atoms with Gasteiger partial charge in [-0.05, 0) is 51.9 Å².